The van der Waals surface area contributed by atoms with Crippen LogP contribution < -0.4 is 5.32 Å². The maximum atomic E-state index is 5.45. The van der Waals surface area contributed by atoms with Crippen LogP contribution in [0.25, 0.3) is 0 Å². The number of anilines is 1. The van der Waals surface area contributed by atoms with Crippen LogP contribution in [-0.2, 0) is 0 Å². The van der Waals surface area contributed by atoms with E-state index in [4.69, 9.17) is 12.2 Å². The monoisotopic (exact) mass is 248 g/mol. The van der Waals surface area contributed by atoms with Crippen LogP contribution in [0.2, 0.25) is 0 Å². The van der Waals surface area contributed by atoms with Gasteiger partial charge in [-0.25, -0.2) is 0 Å². The van der Waals surface area contributed by atoms with Crippen molar-refractivity contribution in [1.29, 1.82) is 0 Å². The van der Waals surface area contributed by atoms with E-state index in [1.54, 1.807) is 0 Å². The fourth-order valence-corrected chi connectivity index (χ4v) is 2.52. The molecule has 1 aromatic carbocycles. The topological polar surface area (TPSA) is 15.3 Å². The molecule has 3 heteroatoms. The maximum Gasteiger partial charge on any atom is 0.173 e. The predicted molar refractivity (Wildman–Crippen MR) is 77.2 cm³/mol. The van der Waals surface area contributed by atoms with Gasteiger partial charge < -0.3 is 10.2 Å². The summed E-state index contributed by atoms with van der Waals surface area (Å²) in [6.45, 7) is 6.77. The van der Waals surface area contributed by atoms with Crippen molar-refractivity contribution in [3.8, 4) is 0 Å². The molecule has 0 radical (unpaired) electrons. The molecule has 1 fully saturated rings. The van der Waals surface area contributed by atoms with E-state index in [9.17, 15) is 0 Å². The van der Waals surface area contributed by atoms with E-state index in [1.807, 2.05) is 30.3 Å². The SMILES string of the molecule is CC(C)C1CCN(C(=S)Nc2ccccc2)C1. The van der Waals surface area contributed by atoms with E-state index in [-0.39, 0.29) is 0 Å². The Bertz CT molecular complexity index is 375. The van der Waals surface area contributed by atoms with Crippen LogP contribution in [0.15, 0.2) is 30.3 Å². The summed E-state index contributed by atoms with van der Waals surface area (Å²) in [4.78, 5) is 2.28. The molecule has 1 aromatic rings. The van der Waals surface area contributed by atoms with Gasteiger partial charge in [0.2, 0.25) is 0 Å². The molecule has 0 aromatic heterocycles. The summed E-state index contributed by atoms with van der Waals surface area (Å²) in [6, 6.07) is 10.1. The summed E-state index contributed by atoms with van der Waals surface area (Å²) in [7, 11) is 0. The smallest absolute Gasteiger partial charge is 0.173 e. The molecule has 0 bridgehead atoms. The minimum Gasteiger partial charge on any atom is -0.349 e. The lowest BCUT2D eigenvalue weighted by atomic mass is 9.95. The van der Waals surface area contributed by atoms with Crippen LogP contribution in [-0.4, -0.2) is 23.1 Å². The molecule has 0 amide bonds. The number of likely N-dealkylation sites (tertiary alicyclic amines) is 1. The normalized spacial score (nSPS) is 19.7. The maximum absolute atomic E-state index is 5.45. The van der Waals surface area contributed by atoms with Gasteiger partial charge in [-0.05, 0) is 42.6 Å². The number of hydrogen-bond acceptors (Lipinski definition) is 1. The summed E-state index contributed by atoms with van der Waals surface area (Å²) in [5.41, 5.74) is 1.07. The number of para-hydroxylation sites is 1. The van der Waals surface area contributed by atoms with Gasteiger partial charge in [-0.1, -0.05) is 32.0 Å². The predicted octanol–water partition coefficient (Wildman–Crippen LogP) is 3.36. The molecule has 1 saturated heterocycles. The summed E-state index contributed by atoms with van der Waals surface area (Å²) in [6.07, 6.45) is 1.26. The van der Waals surface area contributed by atoms with Gasteiger partial charge >= 0.3 is 0 Å². The first kappa shape index (κ1) is 12.4. The van der Waals surface area contributed by atoms with E-state index in [0.717, 1.165) is 35.7 Å². The zero-order valence-electron chi connectivity index (χ0n) is 10.5. The van der Waals surface area contributed by atoms with Gasteiger partial charge in [0.25, 0.3) is 0 Å². The minimum atomic E-state index is 0.750. The van der Waals surface area contributed by atoms with Gasteiger partial charge in [-0.15, -0.1) is 0 Å². The zero-order chi connectivity index (χ0) is 12.3. The van der Waals surface area contributed by atoms with Gasteiger partial charge in [0, 0.05) is 18.8 Å². The van der Waals surface area contributed by atoms with Crippen molar-refractivity contribution < 1.29 is 0 Å². The zero-order valence-corrected chi connectivity index (χ0v) is 11.3. The third-order valence-corrected chi connectivity index (χ3v) is 3.84. The Morgan fingerprint density at radius 3 is 2.65 bits per heavy atom. The van der Waals surface area contributed by atoms with E-state index < -0.39 is 0 Å². The molecule has 0 saturated carbocycles. The van der Waals surface area contributed by atoms with Crippen LogP contribution in [0.4, 0.5) is 5.69 Å². The van der Waals surface area contributed by atoms with Crippen molar-refractivity contribution in [2.45, 2.75) is 20.3 Å². The Balaban J connectivity index is 1.90. The lowest BCUT2D eigenvalue weighted by Gasteiger charge is -2.21. The molecule has 1 atom stereocenters. The molecule has 1 aliphatic heterocycles. The Kier molecular flexibility index (Phi) is 4.00. The Morgan fingerprint density at radius 2 is 2.06 bits per heavy atom. The van der Waals surface area contributed by atoms with Crippen LogP contribution >= 0.6 is 12.2 Å². The van der Waals surface area contributed by atoms with Gasteiger partial charge in [0.1, 0.15) is 0 Å². The minimum absolute atomic E-state index is 0.750. The van der Waals surface area contributed by atoms with E-state index in [0.29, 0.717) is 0 Å². The highest BCUT2D eigenvalue weighted by atomic mass is 32.1. The largest absolute Gasteiger partial charge is 0.349 e. The first-order chi connectivity index (χ1) is 8.16. The number of hydrogen-bond donors (Lipinski definition) is 1. The van der Waals surface area contributed by atoms with Gasteiger partial charge in [0.05, 0.1) is 0 Å². The molecule has 0 spiro atoms. The molecular formula is C14H20N2S. The first-order valence-electron chi connectivity index (χ1n) is 6.28. The third-order valence-electron chi connectivity index (χ3n) is 3.48. The van der Waals surface area contributed by atoms with Crippen molar-refractivity contribution >= 4 is 23.0 Å². The second-order valence-corrected chi connectivity index (χ2v) is 5.42. The summed E-state index contributed by atoms with van der Waals surface area (Å²) in [5, 5.41) is 4.16. The fraction of sp³-hybridized carbons (Fsp3) is 0.500. The molecule has 2 rings (SSSR count). The van der Waals surface area contributed by atoms with Crippen molar-refractivity contribution in [3.05, 3.63) is 30.3 Å². The Morgan fingerprint density at radius 1 is 1.35 bits per heavy atom. The summed E-state index contributed by atoms with van der Waals surface area (Å²) >= 11 is 5.45. The second-order valence-electron chi connectivity index (χ2n) is 5.03. The molecular weight excluding hydrogens is 228 g/mol. The molecule has 2 nitrogen and oxygen atoms in total. The van der Waals surface area contributed by atoms with Crippen molar-refractivity contribution in [2.75, 3.05) is 18.4 Å². The molecule has 1 N–H and O–H groups in total. The fourth-order valence-electron chi connectivity index (χ4n) is 2.24. The van der Waals surface area contributed by atoms with Crippen LogP contribution in [0.5, 0.6) is 0 Å². The molecule has 1 heterocycles. The molecule has 17 heavy (non-hydrogen) atoms. The Labute approximate surface area is 109 Å². The highest BCUT2D eigenvalue weighted by molar-refractivity contribution is 7.80. The lowest BCUT2D eigenvalue weighted by Crippen LogP contribution is -2.33. The van der Waals surface area contributed by atoms with Crippen molar-refractivity contribution in [2.24, 2.45) is 11.8 Å². The average Bonchev–Trinajstić information content (AvgIpc) is 2.79. The quantitative estimate of drug-likeness (QED) is 0.808. The molecule has 1 unspecified atom stereocenters. The van der Waals surface area contributed by atoms with Gasteiger partial charge in [0.15, 0.2) is 5.11 Å². The number of nitrogens with zero attached hydrogens (tertiary/aromatic N) is 1. The molecule has 0 aliphatic carbocycles. The van der Waals surface area contributed by atoms with Crippen LogP contribution in [0.3, 0.4) is 0 Å². The van der Waals surface area contributed by atoms with Gasteiger partial charge in [-0.2, -0.15) is 0 Å². The standard InChI is InChI=1S/C14H20N2S/c1-11(2)12-8-9-16(10-12)14(17)15-13-6-4-3-5-7-13/h3-7,11-12H,8-10H2,1-2H3,(H,15,17). The summed E-state index contributed by atoms with van der Waals surface area (Å²) < 4.78 is 0. The number of rotatable bonds is 2. The highest BCUT2D eigenvalue weighted by Gasteiger charge is 2.26. The van der Waals surface area contributed by atoms with E-state index >= 15 is 0 Å². The van der Waals surface area contributed by atoms with E-state index in [2.05, 4.69) is 24.1 Å². The van der Waals surface area contributed by atoms with Crippen LogP contribution in [0, 0.1) is 11.8 Å². The first-order valence-corrected chi connectivity index (χ1v) is 6.68. The molecule has 92 valence electrons. The second kappa shape index (κ2) is 5.50. The lowest BCUT2D eigenvalue weighted by molar-refractivity contribution is 0.391. The highest BCUT2D eigenvalue weighted by Crippen LogP contribution is 2.24. The number of nitrogens with one attached hydrogen (secondary N) is 1. The number of benzene rings is 1. The number of thiocarbonyl (C=S) groups is 1. The average molecular weight is 248 g/mol. The Hall–Kier alpha value is -1.09. The summed E-state index contributed by atoms with van der Waals surface area (Å²) in [5.74, 6) is 1.53. The third kappa shape index (κ3) is 3.19. The molecule has 1 aliphatic rings. The van der Waals surface area contributed by atoms with Crippen molar-refractivity contribution in [1.82, 2.24) is 4.90 Å². The van der Waals surface area contributed by atoms with E-state index in [1.165, 1.54) is 6.42 Å². The van der Waals surface area contributed by atoms with Gasteiger partial charge in [-0.3, -0.25) is 0 Å². The van der Waals surface area contributed by atoms with Crippen molar-refractivity contribution in [3.63, 3.8) is 0 Å². The van der Waals surface area contributed by atoms with Crippen LogP contribution in [0.1, 0.15) is 20.3 Å².